The van der Waals surface area contributed by atoms with Crippen molar-refractivity contribution >= 4 is 56.5 Å². The smallest absolute Gasteiger partial charge is 0.305 e. The molecule has 3 rings (SSSR count). The molecule has 0 amide bonds. The number of hydrogen-bond donors (Lipinski definition) is 2. The van der Waals surface area contributed by atoms with Crippen molar-refractivity contribution in [3.8, 4) is 5.75 Å². The van der Waals surface area contributed by atoms with Gasteiger partial charge in [0.2, 0.25) is 10.0 Å². The van der Waals surface area contributed by atoms with Crippen LogP contribution in [-0.2, 0) is 27.8 Å². The number of aliphatic carboxylic acids is 1. The summed E-state index contributed by atoms with van der Waals surface area (Å²) in [5.41, 5.74) is 1.82. The van der Waals surface area contributed by atoms with Gasteiger partial charge in [-0.3, -0.25) is 4.79 Å². The zero-order valence-corrected chi connectivity index (χ0v) is 19.3. The van der Waals surface area contributed by atoms with Gasteiger partial charge in [0.05, 0.1) is 18.4 Å². The number of rotatable bonds is 9. The van der Waals surface area contributed by atoms with Crippen LogP contribution in [0.25, 0.3) is 10.9 Å². The van der Waals surface area contributed by atoms with Crippen LogP contribution in [0.15, 0.2) is 59.6 Å². The van der Waals surface area contributed by atoms with Gasteiger partial charge in [0, 0.05) is 59.7 Å². The topological polar surface area (TPSA) is 97.6 Å². The van der Waals surface area contributed by atoms with Gasteiger partial charge in [-0.2, -0.15) is 0 Å². The van der Waals surface area contributed by atoms with E-state index in [-0.39, 0.29) is 47.4 Å². The number of carboxylic acids is 1. The van der Waals surface area contributed by atoms with E-state index >= 15 is 0 Å². The van der Waals surface area contributed by atoms with Crippen LogP contribution in [0.2, 0.25) is 0 Å². The van der Waals surface area contributed by atoms with E-state index < -0.39 is 16.0 Å². The Labute approximate surface area is 192 Å². The number of ether oxygens (including phenoxy) is 1. The van der Waals surface area contributed by atoms with Crippen LogP contribution in [0.4, 0.5) is 0 Å². The van der Waals surface area contributed by atoms with Crippen molar-refractivity contribution in [2.45, 2.75) is 24.3 Å². The van der Waals surface area contributed by atoms with E-state index in [0.29, 0.717) is 18.7 Å². The maximum absolute atomic E-state index is 12.4. The Balaban J connectivity index is 0.00000300. The van der Waals surface area contributed by atoms with Gasteiger partial charge in [0.15, 0.2) is 0 Å². The number of nitrogens with one attached hydrogen (secondary N) is 1. The number of carbonyl (C=O) groups is 1. The summed E-state index contributed by atoms with van der Waals surface area (Å²) < 4.78 is 34.5. The number of sulfonamides is 1. The molecule has 29 heavy (non-hydrogen) atoms. The molecular weight excluding hydrogens is 403 g/mol. The molecule has 0 aliphatic heterocycles. The Hall–Kier alpha value is -1.84. The van der Waals surface area contributed by atoms with Crippen molar-refractivity contribution in [1.82, 2.24) is 9.29 Å². The predicted molar refractivity (Wildman–Crippen MR) is 112 cm³/mol. The number of aromatic nitrogens is 1. The summed E-state index contributed by atoms with van der Waals surface area (Å²) >= 11 is 0. The number of methoxy groups -OCH3 is 1. The number of fused-ring (bicyclic) bond motifs is 1. The van der Waals surface area contributed by atoms with Gasteiger partial charge in [-0.05, 0) is 42.3 Å². The first-order chi connectivity index (χ1) is 13.4. The van der Waals surface area contributed by atoms with Gasteiger partial charge in [0.25, 0.3) is 0 Å². The summed E-state index contributed by atoms with van der Waals surface area (Å²) in [6, 6.07) is 13.8. The fourth-order valence-electron chi connectivity index (χ4n) is 3.08. The third-order valence-electron chi connectivity index (χ3n) is 4.48. The maximum atomic E-state index is 12.4. The van der Waals surface area contributed by atoms with Crippen LogP contribution in [-0.4, -0.2) is 67.3 Å². The first kappa shape index (κ1) is 23.4. The predicted octanol–water partition coefficient (Wildman–Crippen LogP) is 2.26. The molecule has 149 valence electrons. The number of aryl methyl sites for hydroxylation is 1. The Kier molecular flexibility index (Phi) is 8.30. The quantitative estimate of drug-likeness (QED) is 0.513. The molecule has 1 radical (unpaired) electrons. The summed E-state index contributed by atoms with van der Waals surface area (Å²) in [5.74, 6) is -0.179. The zero-order chi connectivity index (χ0) is 20.1. The van der Waals surface area contributed by atoms with E-state index in [0.717, 1.165) is 16.5 Å². The molecule has 1 heterocycles. The summed E-state index contributed by atoms with van der Waals surface area (Å²) in [5, 5.41) is 9.89. The van der Waals surface area contributed by atoms with Crippen LogP contribution < -0.4 is 9.46 Å². The van der Waals surface area contributed by atoms with E-state index in [2.05, 4.69) is 4.72 Å². The average Bonchev–Trinajstić information content (AvgIpc) is 3.04. The molecule has 3 aromatic rings. The van der Waals surface area contributed by atoms with Crippen LogP contribution in [0.5, 0.6) is 5.75 Å². The van der Waals surface area contributed by atoms with Gasteiger partial charge < -0.3 is 14.4 Å². The average molecular weight is 425 g/mol. The Morgan fingerprint density at radius 3 is 2.55 bits per heavy atom. The Morgan fingerprint density at radius 2 is 1.90 bits per heavy atom. The summed E-state index contributed by atoms with van der Waals surface area (Å²) in [7, 11) is -1.99. The minimum absolute atomic E-state index is 0. The molecule has 2 aromatic carbocycles. The third kappa shape index (κ3) is 5.83. The first-order valence-electron chi connectivity index (χ1n) is 8.83. The normalized spacial score (nSPS) is 11.2. The molecule has 0 saturated heterocycles. The summed E-state index contributed by atoms with van der Waals surface area (Å²) in [4.78, 5) is 11.1. The van der Waals surface area contributed by atoms with Crippen LogP contribution in [0.3, 0.4) is 0 Å². The van der Waals surface area contributed by atoms with Crippen LogP contribution in [0, 0.1) is 0 Å². The van der Waals surface area contributed by atoms with Gasteiger partial charge in [-0.25, -0.2) is 13.1 Å². The van der Waals surface area contributed by atoms with Gasteiger partial charge >= 0.3 is 5.97 Å². The van der Waals surface area contributed by atoms with Gasteiger partial charge in [-0.1, -0.05) is 18.2 Å². The molecule has 0 spiro atoms. The first-order valence-corrected chi connectivity index (χ1v) is 10.3. The third-order valence-corrected chi connectivity index (χ3v) is 5.95. The van der Waals surface area contributed by atoms with E-state index in [4.69, 9.17) is 9.84 Å². The monoisotopic (exact) mass is 425 g/mol. The molecule has 0 aliphatic carbocycles. The Morgan fingerprint density at radius 1 is 1.17 bits per heavy atom. The molecule has 0 unspecified atom stereocenters. The van der Waals surface area contributed by atoms with Gasteiger partial charge in [-0.15, -0.1) is 0 Å². The zero-order valence-electron chi connectivity index (χ0n) is 16.5. The van der Waals surface area contributed by atoms with Crippen LogP contribution >= 0.6 is 0 Å². The SMILES string of the molecule is COc1ccc2c(c1)c(CCNS(=O)(=O)c1ccccc1)cn2CCC(=O)O.[Na]. The molecule has 1 aromatic heterocycles. The van der Waals surface area contributed by atoms with E-state index in [9.17, 15) is 13.2 Å². The number of hydrogen-bond acceptors (Lipinski definition) is 4. The molecule has 0 aliphatic rings. The molecule has 2 N–H and O–H groups in total. The molecule has 9 heteroatoms. The Bertz CT molecular complexity index is 1080. The number of benzene rings is 2. The minimum Gasteiger partial charge on any atom is -0.497 e. The second-order valence-electron chi connectivity index (χ2n) is 6.34. The van der Waals surface area contributed by atoms with Crippen LogP contribution in [0.1, 0.15) is 12.0 Å². The minimum atomic E-state index is -3.57. The summed E-state index contributed by atoms with van der Waals surface area (Å²) in [6.45, 7) is 0.570. The second kappa shape index (κ2) is 10.3. The number of carboxylic acid groups (broad SMARTS) is 1. The van der Waals surface area contributed by atoms with Crippen molar-refractivity contribution in [3.63, 3.8) is 0 Å². The molecule has 0 bridgehead atoms. The largest absolute Gasteiger partial charge is 0.497 e. The fourth-order valence-corrected chi connectivity index (χ4v) is 4.13. The second-order valence-corrected chi connectivity index (χ2v) is 8.10. The van der Waals surface area contributed by atoms with E-state index in [1.54, 1.807) is 37.4 Å². The van der Waals surface area contributed by atoms with Crippen molar-refractivity contribution in [1.29, 1.82) is 0 Å². The maximum Gasteiger partial charge on any atom is 0.305 e. The molecule has 0 atom stereocenters. The van der Waals surface area contributed by atoms with Gasteiger partial charge in [0.1, 0.15) is 5.75 Å². The number of nitrogens with zero attached hydrogens (tertiary/aromatic N) is 1. The molecule has 0 saturated carbocycles. The standard InChI is InChI=1S/C20H22N2O5S.Na/c1-27-16-7-8-19-18(13-16)15(14-22(19)12-10-20(23)24)9-11-21-28(25,26)17-5-3-2-4-6-17;/h2-8,13-14,21H,9-12H2,1H3,(H,23,24);. The van der Waals surface area contributed by atoms with E-state index in [1.165, 1.54) is 0 Å². The molecule has 0 fully saturated rings. The van der Waals surface area contributed by atoms with Crippen molar-refractivity contribution in [3.05, 3.63) is 60.3 Å². The van der Waals surface area contributed by atoms with Crippen molar-refractivity contribution < 1.29 is 23.1 Å². The molecular formula is C20H22N2NaO5S. The van der Waals surface area contributed by atoms with E-state index in [1.807, 2.05) is 29.0 Å². The molecule has 7 nitrogen and oxygen atoms in total. The van der Waals surface area contributed by atoms with Crippen molar-refractivity contribution in [2.24, 2.45) is 0 Å². The fraction of sp³-hybridized carbons (Fsp3) is 0.250. The van der Waals surface area contributed by atoms with Crippen molar-refractivity contribution in [2.75, 3.05) is 13.7 Å². The summed E-state index contributed by atoms with van der Waals surface area (Å²) in [6.07, 6.45) is 2.36.